The largest absolute Gasteiger partial charge is 0.481 e. The predicted octanol–water partition coefficient (Wildman–Crippen LogP) is 7.84. The van der Waals surface area contributed by atoms with Crippen molar-refractivity contribution in [3.8, 4) is 11.5 Å². The Labute approximate surface area is 267 Å². The molecular formula is C40H34O6. The first kappa shape index (κ1) is 27.5. The van der Waals surface area contributed by atoms with E-state index in [-0.39, 0.29) is 48.8 Å². The molecule has 6 heteroatoms. The van der Waals surface area contributed by atoms with Crippen LogP contribution < -0.4 is 9.47 Å². The highest BCUT2D eigenvalue weighted by Crippen LogP contribution is 2.69. The van der Waals surface area contributed by atoms with Crippen molar-refractivity contribution in [3.63, 3.8) is 0 Å². The molecule has 0 unspecified atom stereocenters. The van der Waals surface area contributed by atoms with Crippen molar-refractivity contribution in [2.75, 3.05) is 26.4 Å². The summed E-state index contributed by atoms with van der Waals surface area (Å²) in [6.45, 7) is 3.91. The molecule has 4 bridgehead atoms. The number of rotatable bonds is 8. The summed E-state index contributed by atoms with van der Waals surface area (Å²) < 4.78 is 23.8. The third-order valence-corrected chi connectivity index (χ3v) is 10.6. The molecule has 0 radical (unpaired) electrons. The lowest BCUT2D eigenvalue weighted by Crippen LogP contribution is -2.21. The van der Waals surface area contributed by atoms with Gasteiger partial charge in [0.05, 0.1) is 13.2 Å². The number of hydrogen-bond acceptors (Lipinski definition) is 6. The molecule has 46 heavy (non-hydrogen) atoms. The summed E-state index contributed by atoms with van der Waals surface area (Å²) in [5, 5.41) is 4.85. The van der Waals surface area contributed by atoms with Gasteiger partial charge in [-0.1, -0.05) is 72.8 Å². The molecule has 0 aromatic heterocycles. The van der Waals surface area contributed by atoms with Crippen molar-refractivity contribution in [2.45, 2.75) is 50.4 Å². The summed E-state index contributed by atoms with van der Waals surface area (Å²) in [7, 11) is 0. The summed E-state index contributed by atoms with van der Waals surface area (Å²) >= 11 is 0. The Morgan fingerprint density at radius 2 is 0.848 bits per heavy atom. The monoisotopic (exact) mass is 610 g/mol. The van der Waals surface area contributed by atoms with Crippen LogP contribution in [0.2, 0.25) is 0 Å². The summed E-state index contributed by atoms with van der Waals surface area (Å²) in [5.74, 6) is 1.25. The molecule has 5 aromatic rings. The van der Waals surface area contributed by atoms with Crippen LogP contribution in [0.1, 0.15) is 94.9 Å². The molecule has 4 atom stereocenters. The Balaban J connectivity index is 1.28. The average Bonchev–Trinajstić information content (AvgIpc) is 3.83. The number of benzene rings is 5. The number of ether oxygens (including phenoxy) is 4. The molecule has 4 aliphatic carbocycles. The van der Waals surface area contributed by atoms with E-state index in [2.05, 4.69) is 72.8 Å². The van der Waals surface area contributed by atoms with Crippen LogP contribution in [0.4, 0.5) is 0 Å². The van der Waals surface area contributed by atoms with Gasteiger partial charge in [-0.3, -0.25) is 0 Å². The van der Waals surface area contributed by atoms with Crippen molar-refractivity contribution in [3.05, 3.63) is 117 Å². The molecule has 6 nitrogen and oxygen atoms in total. The Hall–Kier alpha value is -4.84. The maximum Gasteiger partial charge on any atom is 0.344 e. The van der Waals surface area contributed by atoms with Gasteiger partial charge in [0.25, 0.3) is 0 Å². The van der Waals surface area contributed by atoms with E-state index in [1.807, 2.05) is 13.8 Å². The number of esters is 2. The van der Waals surface area contributed by atoms with Crippen LogP contribution in [0.25, 0.3) is 21.5 Å². The first-order valence-corrected chi connectivity index (χ1v) is 16.4. The summed E-state index contributed by atoms with van der Waals surface area (Å²) in [6.07, 6.45) is 1.81. The molecule has 5 aromatic carbocycles. The standard InChI is InChI=1S/C40H34O6/c1-3-43-33(41)19-45-39-35-29-17-31(27-15-23-11-7-5-9-21(23)13-25(27)29)37(35)40(46-20-34(42)44-4-2)38-32-18-30(36(38)39)26-14-22-10-6-8-12-24(22)16-28(26)32/h5-16,29-32H,3-4,17-20H2,1-2H3/t29-,30+,31+,32-. The Bertz CT molecular complexity index is 1840. The van der Waals surface area contributed by atoms with E-state index in [1.165, 1.54) is 43.8 Å². The highest BCUT2D eigenvalue weighted by Gasteiger charge is 2.53. The maximum atomic E-state index is 12.7. The Kier molecular flexibility index (Phi) is 6.18. The van der Waals surface area contributed by atoms with Gasteiger partial charge in [0.1, 0.15) is 11.5 Å². The fourth-order valence-corrected chi connectivity index (χ4v) is 8.97. The first-order chi connectivity index (χ1) is 22.6. The normalized spacial score (nSPS) is 20.7. The van der Waals surface area contributed by atoms with E-state index in [4.69, 9.17) is 18.9 Å². The minimum absolute atomic E-state index is 0.0993. The molecule has 0 fully saturated rings. The number of carbonyl (C=O) groups excluding carboxylic acids is 2. The third kappa shape index (κ3) is 3.88. The summed E-state index contributed by atoms with van der Waals surface area (Å²) in [4.78, 5) is 25.4. The van der Waals surface area contributed by atoms with E-state index >= 15 is 0 Å². The van der Waals surface area contributed by atoms with Crippen LogP contribution in [0.5, 0.6) is 11.5 Å². The molecule has 230 valence electrons. The van der Waals surface area contributed by atoms with E-state index in [0.717, 1.165) is 46.6 Å². The molecule has 0 heterocycles. The highest BCUT2D eigenvalue weighted by molar-refractivity contribution is 5.89. The van der Waals surface area contributed by atoms with Gasteiger partial charge >= 0.3 is 11.9 Å². The van der Waals surface area contributed by atoms with Gasteiger partial charge in [-0.2, -0.15) is 0 Å². The number of fused-ring (bicyclic) bond motifs is 18. The minimum Gasteiger partial charge on any atom is -0.481 e. The first-order valence-electron chi connectivity index (χ1n) is 16.4. The molecule has 9 rings (SSSR count). The van der Waals surface area contributed by atoms with Crippen LogP contribution in [0, 0.1) is 0 Å². The molecule has 0 amide bonds. The van der Waals surface area contributed by atoms with E-state index in [1.54, 1.807) is 0 Å². The molecule has 0 saturated heterocycles. The third-order valence-electron chi connectivity index (χ3n) is 10.6. The molecule has 0 N–H and O–H groups in total. The van der Waals surface area contributed by atoms with Gasteiger partial charge in [-0.25, -0.2) is 9.59 Å². The number of carbonyl (C=O) groups is 2. The van der Waals surface area contributed by atoms with E-state index in [9.17, 15) is 9.59 Å². The van der Waals surface area contributed by atoms with Crippen molar-refractivity contribution in [2.24, 2.45) is 0 Å². The fourth-order valence-electron chi connectivity index (χ4n) is 8.97. The summed E-state index contributed by atoms with van der Waals surface area (Å²) in [5.41, 5.74) is 9.64. The van der Waals surface area contributed by atoms with Gasteiger partial charge in [0, 0.05) is 45.9 Å². The lowest BCUT2D eigenvalue weighted by Gasteiger charge is -2.32. The Morgan fingerprint density at radius 3 is 1.13 bits per heavy atom. The zero-order valence-corrected chi connectivity index (χ0v) is 25.9. The van der Waals surface area contributed by atoms with Gasteiger partial charge in [0.15, 0.2) is 13.2 Å². The lowest BCUT2D eigenvalue weighted by molar-refractivity contribution is -0.146. The average molecular weight is 611 g/mol. The minimum atomic E-state index is -0.378. The summed E-state index contributed by atoms with van der Waals surface area (Å²) in [6, 6.07) is 26.3. The van der Waals surface area contributed by atoms with Crippen molar-refractivity contribution < 1.29 is 28.5 Å². The Morgan fingerprint density at radius 1 is 0.543 bits per heavy atom. The van der Waals surface area contributed by atoms with Crippen molar-refractivity contribution >= 4 is 33.5 Å². The van der Waals surface area contributed by atoms with E-state index < -0.39 is 0 Å². The van der Waals surface area contributed by atoms with Crippen LogP contribution in [0.3, 0.4) is 0 Å². The second kappa shape index (κ2) is 10.3. The maximum absolute atomic E-state index is 12.7. The van der Waals surface area contributed by atoms with Crippen LogP contribution in [-0.2, 0) is 19.1 Å². The van der Waals surface area contributed by atoms with Crippen LogP contribution >= 0.6 is 0 Å². The number of hydrogen-bond donors (Lipinski definition) is 0. The molecule has 4 aliphatic rings. The zero-order valence-electron chi connectivity index (χ0n) is 25.9. The molecular weight excluding hydrogens is 576 g/mol. The molecule has 0 spiro atoms. The van der Waals surface area contributed by atoms with Crippen molar-refractivity contribution in [1.29, 1.82) is 0 Å². The van der Waals surface area contributed by atoms with Gasteiger partial charge in [-0.15, -0.1) is 0 Å². The molecule has 0 saturated carbocycles. The zero-order chi connectivity index (χ0) is 31.1. The fraction of sp³-hybridized carbons (Fsp3) is 0.300. The SMILES string of the molecule is CCOC(=O)COc1c2c(c(OCC(=O)OCC)c3c1[C@H]1C[C@@H]3c3cc4ccccc4cc31)[C@H]1C[C@@H]2c2cc3ccccc3cc21. The van der Waals surface area contributed by atoms with Gasteiger partial charge in [-0.05, 0) is 70.5 Å². The molecule has 0 aliphatic heterocycles. The van der Waals surface area contributed by atoms with Gasteiger partial charge in [0.2, 0.25) is 0 Å². The quantitative estimate of drug-likeness (QED) is 0.167. The van der Waals surface area contributed by atoms with Crippen molar-refractivity contribution in [1.82, 2.24) is 0 Å². The highest BCUT2D eigenvalue weighted by atomic mass is 16.6. The van der Waals surface area contributed by atoms with Gasteiger partial charge < -0.3 is 18.9 Å². The lowest BCUT2D eigenvalue weighted by atomic mass is 9.76. The van der Waals surface area contributed by atoms with E-state index in [0.29, 0.717) is 13.2 Å². The van der Waals surface area contributed by atoms with Crippen LogP contribution in [-0.4, -0.2) is 38.4 Å². The second-order valence-electron chi connectivity index (χ2n) is 12.8. The second-order valence-corrected chi connectivity index (χ2v) is 12.8. The smallest absolute Gasteiger partial charge is 0.344 e. The van der Waals surface area contributed by atoms with Crippen LogP contribution in [0.15, 0.2) is 72.8 Å². The predicted molar refractivity (Wildman–Crippen MR) is 175 cm³/mol. The topological polar surface area (TPSA) is 71.1 Å².